The molecule has 12 aliphatic carbocycles. The lowest BCUT2D eigenvalue weighted by atomic mass is 9.53. The van der Waals surface area contributed by atoms with Crippen LogP contribution in [0.1, 0.15) is 178 Å². The zero-order chi connectivity index (χ0) is 39.3. The van der Waals surface area contributed by atoms with E-state index in [0.717, 1.165) is 126 Å². The summed E-state index contributed by atoms with van der Waals surface area (Å²) in [7, 11) is 0. The second kappa shape index (κ2) is 16.4. The van der Waals surface area contributed by atoms with Crippen LogP contribution in [0.5, 0.6) is 0 Å². The lowest BCUT2D eigenvalue weighted by Crippen LogP contribution is -2.45. The number of fused-ring (bicyclic) bond motifs is 20. The average Bonchev–Trinajstić information content (AvgIpc) is 4.16. The molecule has 1 N–H and O–H groups in total. The largest absolute Gasteiger partial charge is 0.378 e. The number of nitrogens with one attached hydrogen (secondary N) is 1. The van der Waals surface area contributed by atoms with Crippen LogP contribution >= 0.6 is 0 Å². The normalized spacial score (nSPS) is 52.5. The van der Waals surface area contributed by atoms with Gasteiger partial charge in [-0.15, -0.1) is 0 Å². The Morgan fingerprint density at radius 3 is 1.75 bits per heavy atom. The molecule has 2 saturated heterocycles. The zero-order valence-corrected chi connectivity index (χ0v) is 37.8. The highest BCUT2D eigenvalue weighted by atomic mass is 16.5. The average molecular weight is 817 g/mol. The molecule has 0 amide bonds. The summed E-state index contributed by atoms with van der Waals surface area (Å²) < 4.78 is 12.1. The van der Waals surface area contributed by atoms with Crippen LogP contribution in [-0.2, 0) is 22.3 Å². The fourth-order valence-electron chi connectivity index (χ4n) is 21.1. The van der Waals surface area contributed by atoms with Crippen molar-refractivity contribution in [1.29, 1.82) is 0 Å². The van der Waals surface area contributed by atoms with Gasteiger partial charge >= 0.3 is 0 Å². The molecule has 1 aromatic rings. The lowest BCUT2D eigenvalue weighted by molar-refractivity contribution is -0.0261. The fraction of sp³-hybridized carbons (Fsp3) is 0.911. The van der Waals surface area contributed by atoms with Crippen LogP contribution in [0, 0.1) is 112 Å². The Kier molecular flexibility index (Phi) is 10.7. The molecule has 60 heavy (non-hydrogen) atoms. The second-order valence-corrected chi connectivity index (χ2v) is 24.9. The van der Waals surface area contributed by atoms with Crippen molar-refractivity contribution in [2.24, 2.45) is 112 Å². The molecule has 3 heterocycles. The van der Waals surface area contributed by atoms with Crippen LogP contribution in [0.4, 0.5) is 0 Å². The van der Waals surface area contributed by atoms with E-state index >= 15 is 0 Å². The van der Waals surface area contributed by atoms with Gasteiger partial charge in [0, 0.05) is 18.9 Å². The summed E-state index contributed by atoms with van der Waals surface area (Å²) in [4.78, 5) is 0. The van der Waals surface area contributed by atoms with Crippen molar-refractivity contribution in [2.75, 3.05) is 13.2 Å². The van der Waals surface area contributed by atoms with Crippen LogP contribution in [0.15, 0.2) is 17.8 Å². The Morgan fingerprint density at radius 1 is 0.433 bits per heavy atom. The van der Waals surface area contributed by atoms with Crippen LogP contribution in [0.2, 0.25) is 0 Å². The van der Waals surface area contributed by atoms with Gasteiger partial charge in [0.25, 0.3) is 0 Å². The van der Waals surface area contributed by atoms with Crippen LogP contribution in [-0.4, -0.2) is 35.6 Å². The summed E-state index contributed by atoms with van der Waals surface area (Å²) in [6.07, 6.45) is 48.0. The van der Waals surface area contributed by atoms with E-state index in [1.165, 1.54) is 121 Å². The van der Waals surface area contributed by atoms with Crippen molar-refractivity contribution in [3.63, 3.8) is 0 Å². The predicted molar refractivity (Wildman–Crippen MR) is 240 cm³/mol. The van der Waals surface area contributed by atoms with Crippen molar-refractivity contribution in [1.82, 2.24) is 10.2 Å². The number of rotatable bonds is 0. The van der Waals surface area contributed by atoms with Crippen molar-refractivity contribution in [2.45, 2.75) is 192 Å². The molecule has 0 radical (unpaired) electrons. The van der Waals surface area contributed by atoms with E-state index < -0.39 is 0 Å². The number of allylic oxidation sites excluding steroid dienone is 2. The highest BCUT2D eigenvalue weighted by Crippen LogP contribution is 2.62. The second-order valence-electron chi connectivity index (χ2n) is 24.9. The molecule has 4 nitrogen and oxygen atoms in total. The van der Waals surface area contributed by atoms with Gasteiger partial charge in [0.1, 0.15) is 0 Å². The first-order valence-electron chi connectivity index (χ1n) is 27.7. The highest BCUT2D eigenvalue weighted by molar-refractivity contribution is 5.23. The number of H-pyrrole nitrogens is 1. The lowest BCUT2D eigenvalue weighted by Gasteiger charge is -2.52. The standard InChI is InChI=1S/C19H30O.C19H28O.C18H26N2/c2*1-2-4-13-12(3-1)5-6-15-14(13)7-8-16-17-9-10-20-19(17)11-18(15)16;1-2-11-4-6-16-15(14(11)3-1)7-5-12-9-18-13(8-17(12)16)10-19-20-18/h12-19H,1-11H2;5,13-19H,1-4,6-11H2;10-12,14-17H,1-9H2,(H,19,20). The number of hydrogen-bond acceptors (Lipinski definition) is 3. The van der Waals surface area contributed by atoms with E-state index in [9.17, 15) is 0 Å². The summed E-state index contributed by atoms with van der Waals surface area (Å²) in [5.41, 5.74) is 4.87. The topological polar surface area (TPSA) is 47.1 Å². The van der Waals surface area contributed by atoms with E-state index in [-0.39, 0.29) is 0 Å². The van der Waals surface area contributed by atoms with Gasteiger partial charge in [0.2, 0.25) is 0 Å². The smallest absolute Gasteiger partial charge is 0.0609 e. The summed E-state index contributed by atoms with van der Waals surface area (Å²) in [5, 5.41) is 7.54. The molecule has 15 rings (SSSR count). The third kappa shape index (κ3) is 6.69. The van der Waals surface area contributed by atoms with Crippen LogP contribution < -0.4 is 0 Å². The maximum atomic E-state index is 6.06. The van der Waals surface area contributed by atoms with Gasteiger partial charge in [-0.1, -0.05) is 50.2 Å². The zero-order valence-electron chi connectivity index (χ0n) is 37.8. The Hall–Kier alpha value is -1.13. The van der Waals surface area contributed by atoms with Gasteiger partial charge in [0.15, 0.2) is 0 Å². The predicted octanol–water partition coefficient (Wildman–Crippen LogP) is 13.2. The molecular formula is C56H84N2O2. The SMILES string of the molecule is C1=C2CCCCC2C2CCC3C4CCOC4CC3C2C1.C1CCC2C(C1)CCC1C2CCC2C3CCOC3CC21.c1n[nH]c2c1CC1C(CCC3C4CCCC4CCC13)C2. The van der Waals surface area contributed by atoms with Gasteiger partial charge in [-0.05, 0) is 259 Å². The molecule has 330 valence electrons. The fourth-order valence-corrected chi connectivity index (χ4v) is 21.1. The van der Waals surface area contributed by atoms with Gasteiger partial charge in [-0.3, -0.25) is 5.10 Å². The number of aromatic nitrogens is 2. The van der Waals surface area contributed by atoms with Crippen molar-refractivity contribution < 1.29 is 9.47 Å². The molecule has 2 aliphatic heterocycles. The molecule has 21 atom stereocenters. The Bertz CT molecular complexity index is 1690. The van der Waals surface area contributed by atoms with E-state index in [4.69, 9.17) is 9.47 Å². The molecule has 1 aromatic heterocycles. The van der Waals surface area contributed by atoms with Crippen molar-refractivity contribution >= 4 is 0 Å². The molecule has 4 heteroatoms. The molecule has 0 spiro atoms. The van der Waals surface area contributed by atoms with Crippen LogP contribution in [0.25, 0.3) is 0 Å². The molecule has 0 bridgehead atoms. The van der Waals surface area contributed by atoms with E-state index in [1.807, 2.05) is 5.57 Å². The third-order valence-electron chi connectivity index (χ3n) is 23.3. The summed E-state index contributed by atoms with van der Waals surface area (Å²) >= 11 is 0. The molecular weight excluding hydrogens is 733 g/mol. The van der Waals surface area contributed by atoms with Gasteiger partial charge < -0.3 is 9.47 Å². The number of aromatic amines is 1. The monoisotopic (exact) mass is 817 g/mol. The van der Waals surface area contributed by atoms with E-state index in [0.29, 0.717) is 12.2 Å². The Morgan fingerprint density at radius 2 is 1.00 bits per heavy atom. The van der Waals surface area contributed by atoms with Crippen LogP contribution in [0.3, 0.4) is 0 Å². The molecule has 0 aromatic carbocycles. The maximum Gasteiger partial charge on any atom is 0.0609 e. The Balaban J connectivity index is 0.0000000926. The van der Waals surface area contributed by atoms with E-state index in [1.54, 1.807) is 69.8 Å². The third-order valence-corrected chi connectivity index (χ3v) is 23.3. The first kappa shape index (κ1) is 39.3. The molecule has 14 aliphatic rings. The minimum absolute atomic E-state index is 0.653. The quantitative estimate of drug-likeness (QED) is 0.265. The summed E-state index contributed by atoms with van der Waals surface area (Å²) in [6, 6.07) is 0. The Labute approximate surface area is 365 Å². The summed E-state index contributed by atoms with van der Waals surface area (Å²) in [5.74, 6) is 19.9. The summed E-state index contributed by atoms with van der Waals surface area (Å²) in [6.45, 7) is 2.12. The number of ether oxygens (including phenoxy) is 2. The molecule has 21 unspecified atom stereocenters. The van der Waals surface area contributed by atoms with Crippen molar-refractivity contribution in [3.8, 4) is 0 Å². The number of hydrogen-bond donors (Lipinski definition) is 1. The number of nitrogens with zero attached hydrogens (tertiary/aromatic N) is 1. The van der Waals surface area contributed by atoms with E-state index in [2.05, 4.69) is 22.5 Å². The minimum Gasteiger partial charge on any atom is -0.378 e. The van der Waals surface area contributed by atoms with Crippen molar-refractivity contribution in [3.05, 3.63) is 29.1 Å². The molecule has 10 saturated carbocycles. The highest BCUT2D eigenvalue weighted by Gasteiger charge is 2.56. The maximum absolute atomic E-state index is 6.06. The van der Waals surface area contributed by atoms with Gasteiger partial charge in [0.05, 0.1) is 18.4 Å². The molecule has 12 fully saturated rings. The first-order chi connectivity index (χ1) is 29.7. The van der Waals surface area contributed by atoms with Gasteiger partial charge in [-0.2, -0.15) is 5.10 Å². The minimum atomic E-state index is 0.653. The van der Waals surface area contributed by atoms with Gasteiger partial charge in [-0.25, -0.2) is 0 Å². The first-order valence-corrected chi connectivity index (χ1v) is 27.7.